The van der Waals surface area contributed by atoms with Crippen LogP contribution in [0, 0.1) is 6.92 Å². The minimum absolute atomic E-state index is 0.220. The van der Waals surface area contributed by atoms with E-state index < -0.39 is 0 Å². The maximum atomic E-state index is 12.3. The minimum atomic E-state index is -0.245. The van der Waals surface area contributed by atoms with Crippen LogP contribution in [0.4, 0.5) is 5.69 Å². The molecule has 1 aromatic heterocycles. The molecule has 0 saturated heterocycles. The van der Waals surface area contributed by atoms with Crippen molar-refractivity contribution in [2.24, 2.45) is 0 Å². The van der Waals surface area contributed by atoms with Crippen LogP contribution in [-0.4, -0.2) is 15.6 Å². The molecule has 0 saturated carbocycles. The molecule has 0 fully saturated rings. The molecule has 1 amide bonds. The molecule has 3 rings (SSSR count). The van der Waals surface area contributed by atoms with E-state index in [1.54, 1.807) is 12.1 Å². The van der Waals surface area contributed by atoms with Crippen molar-refractivity contribution in [3.05, 3.63) is 83.1 Å². The molecule has 2 aromatic carbocycles. The van der Waals surface area contributed by atoms with E-state index in [-0.39, 0.29) is 11.0 Å². The lowest BCUT2D eigenvalue weighted by Crippen LogP contribution is -2.34. The van der Waals surface area contributed by atoms with Gasteiger partial charge in [-0.05, 0) is 61.1 Å². The third-order valence-electron chi connectivity index (χ3n) is 3.70. The Bertz CT molecular complexity index is 922. The van der Waals surface area contributed by atoms with Crippen LogP contribution in [0.5, 0.6) is 0 Å². The largest absolute Gasteiger partial charge is 0.332 e. The Balaban J connectivity index is 1.68. The Kier molecular flexibility index (Phi) is 5.16. The number of aromatic nitrogens is 1. The summed E-state index contributed by atoms with van der Waals surface area (Å²) in [5.74, 6) is -0.245. The summed E-state index contributed by atoms with van der Waals surface area (Å²) in [6, 6.07) is 16.7. The number of thiocarbonyl (C=S) groups is 1. The van der Waals surface area contributed by atoms with Gasteiger partial charge in [-0.25, -0.2) is 0 Å². The first-order chi connectivity index (χ1) is 12.0. The highest BCUT2D eigenvalue weighted by Crippen LogP contribution is 2.24. The average Bonchev–Trinajstić information content (AvgIpc) is 3.09. The van der Waals surface area contributed by atoms with E-state index in [0.717, 1.165) is 11.3 Å². The van der Waals surface area contributed by atoms with Gasteiger partial charge in [-0.2, -0.15) is 0 Å². The maximum Gasteiger partial charge on any atom is 0.257 e. The zero-order chi connectivity index (χ0) is 17.8. The summed E-state index contributed by atoms with van der Waals surface area (Å²) in [6.45, 7) is 1.88. The molecule has 1 heterocycles. The van der Waals surface area contributed by atoms with Gasteiger partial charge in [0.15, 0.2) is 5.11 Å². The monoisotopic (exact) mass is 369 g/mol. The number of carbonyl (C=O) groups excluding carboxylic acids is 1. The van der Waals surface area contributed by atoms with Gasteiger partial charge in [-0.3, -0.25) is 10.1 Å². The summed E-state index contributed by atoms with van der Waals surface area (Å²) in [5, 5.41) is 6.46. The standard InChI is InChI=1S/C19H16ClN3OS/c1-13-6-2-3-7-15(13)18(24)22-19(25)21-14-8-9-17(16(20)12-14)23-10-4-5-11-23/h2-12H,1H3,(H2,21,22,24,25). The second kappa shape index (κ2) is 7.51. The molecule has 3 aromatic rings. The molecule has 2 N–H and O–H groups in total. The smallest absolute Gasteiger partial charge is 0.257 e. The van der Waals surface area contributed by atoms with Crippen LogP contribution in [0.3, 0.4) is 0 Å². The van der Waals surface area contributed by atoms with E-state index in [1.807, 2.05) is 66.3 Å². The molecule has 25 heavy (non-hydrogen) atoms. The molecule has 0 atom stereocenters. The normalized spacial score (nSPS) is 10.3. The predicted octanol–water partition coefficient (Wildman–Crippen LogP) is 4.57. The van der Waals surface area contributed by atoms with Gasteiger partial charge in [0.1, 0.15) is 0 Å². The van der Waals surface area contributed by atoms with E-state index in [2.05, 4.69) is 10.6 Å². The summed E-state index contributed by atoms with van der Waals surface area (Å²) in [7, 11) is 0. The molecule has 0 aliphatic rings. The first-order valence-corrected chi connectivity index (χ1v) is 8.44. The molecule has 0 bridgehead atoms. The van der Waals surface area contributed by atoms with Gasteiger partial charge >= 0.3 is 0 Å². The molecule has 4 nitrogen and oxygen atoms in total. The first kappa shape index (κ1) is 17.2. The molecule has 0 spiro atoms. The fraction of sp³-hybridized carbons (Fsp3) is 0.0526. The van der Waals surface area contributed by atoms with E-state index in [1.165, 1.54) is 0 Å². The van der Waals surface area contributed by atoms with Crippen molar-refractivity contribution in [2.75, 3.05) is 5.32 Å². The van der Waals surface area contributed by atoms with Crippen molar-refractivity contribution in [3.63, 3.8) is 0 Å². The van der Waals surface area contributed by atoms with Crippen molar-refractivity contribution >= 4 is 40.5 Å². The lowest BCUT2D eigenvalue weighted by atomic mass is 10.1. The second-order valence-electron chi connectivity index (χ2n) is 5.48. The SMILES string of the molecule is Cc1ccccc1C(=O)NC(=S)Nc1ccc(-n2cccc2)c(Cl)c1. The van der Waals surface area contributed by atoms with Crippen LogP contribution in [0.1, 0.15) is 15.9 Å². The van der Waals surface area contributed by atoms with Gasteiger partial charge in [-0.15, -0.1) is 0 Å². The van der Waals surface area contributed by atoms with Gasteiger partial charge in [0.25, 0.3) is 5.91 Å². The number of benzene rings is 2. The molecule has 126 valence electrons. The van der Waals surface area contributed by atoms with Gasteiger partial charge in [0, 0.05) is 23.6 Å². The molecule has 0 unspecified atom stereocenters. The Labute approximate surface area is 156 Å². The summed E-state index contributed by atoms with van der Waals surface area (Å²) >= 11 is 11.6. The Hall–Kier alpha value is -2.63. The van der Waals surface area contributed by atoms with Crippen molar-refractivity contribution in [3.8, 4) is 5.69 Å². The summed E-state index contributed by atoms with van der Waals surface area (Å²) in [4.78, 5) is 12.3. The van der Waals surface area contributed by atoms with E-state index in [0.29, 0.717) is 16.3 Å². The van der Waals surface area contributed by atoms with Crippen LogP contribution < -0.4 is 10.6 Å². The predicted molar refractivity (Wildman–Crippen MR) is 106 cm³/mol. The number of amides is 1. The zero-order valence-electron chi connectivity index (χ0n) is 13.5. The summed E-state index contributed by atoms with van der Waals surface area (Å²) in [5.41, 5.74) is 3.05. The fourth-order valence-corrected chi connectivity index (χ4v) is 2.94. The zero-order valence-corrected chi connectivity index (χ0v) is 15.1. The lowest BCUT2D eigenvalue weighted by Gasteiger charge is -2.12. The van der Waals surface area contributed by atoms with Crippen LogP contribution in [0.15, 0.2) is 67.0 Å². The third-order valence-corrected chi connectivity index (χ3v) is 4.21. The lowest BCUT2D eigenvalue weighted by molar-refractivity contribution is 0.0977. The minimum Gasteiger partial charge on any atom is -0.332 e. The quantitative estimate of drug-likeness (QED) is 0.665. The van der Waals surface area contributed by atoms with Gasteiger partial charge in [0.2, 0.25) is 0 Å². The Morgan fingerprint density at radius 1 is 1.08 bits per heavy atom. The van der Waals surface area contributed by atoms with E-state index in [9.17, 15) is 4.79 Å². The van der Waals surface area contributed by atoms with Crippen molar-refractivity contribution in [2.45, 2.75) is 6.92 Å². The highest BCUT2D eigenvalue weighted by atomic mass is 35.5. The number of anilines is 1. The fourth-order valence-electron chi connectivity index (χ4n) is 2.45. The number of rotatable bonds is 3. The van der Waals surface area contributed by atoms with E-state index in [4.69, 9.17) is 23.8 Å². The maximum absolute atomic E-state index is 12.3. The van der Waals surface area contributed by atoms with Crippen LogP contribution in [0.2, 0.25) is 5.02 Å². The second-order valence-corrected chi connectivity index (χ2v) is 6.30. The van der Waals surface area contributed by atoms with Gasteiger partial charge in [-0.1, -0.05) is 29.8 Å². The number of aryl methyl sites for hydroxylation is 1. The van der Waals surface area contributed by atoms with Crippen LogP contribution in [-0.2, 0) is 0 Å². The average molecular weight is 370 g/mol. The van der Waals surface area contributed by atoms with Crippen LogP contribution >= 0.6 is 23.8 Å². The topological polar surface area (TPSA) is 46.1 Å². The summed E-state index contributed by atoms with van der Waals surface area (Å²) < 4.78 is 1.92. The number of nitrogens with one attached hydrogen (secondary N) is 2. The number of carbonyl (C=O) groups is 1. The number of halogens is 1. The van der Waals surface area contributed by atoms with Gasteiger partial charge < -0.3 is 9.88 Å². The Morgan fingerprint density at radius 3 is 2.48 bits per heavy atom. The number of nitrogens with zero attached hydrogens (tertiary/aromatic N) is 1. The number of hydrogen-bond acceptors (Lipinski definition) is 2. The highest BCUT2D eigenvalue weighted by molar-refractivity contribution is 7.80. The molecule has 6 heteroatoms. The molecule has 0 aliphatic heterocycles. The van der Waals surface area contributed by atoms with Crippen molar-refractivity contribution in [1.29, 1.82) is 0 Å². The van der Waals surface area contributed by atoms with E-state index >= 15 is 0 Å². The molecular weight excluding hydrogens is 354 g/mol. The van der Waals surface area contributed by atoms with Crippen molar-refractivity contribution in [1.82, 2.24) is 9.88 Å². The summed E-state index contributed by atoms with van der Waals surface area (Å²) in [6.07, 6.45) is 3.84. The van der Waals surface area contributed by atoms with Crippen LogP contribution in [0.25, 0.3) is 5.69 Å². The third kappa shape index (κ3) is 4.07. The number of hydrogen-bond donors (Lipinski definition) is 2. The molecular formula is C19H16ClN3OS. The molecule has 0 radical (unpaired) electrons. The highest BCUT2D eigenvalue weighted by Gasteiger charge is 2.11. The first-order valence-electron chi connectivity index (χ1n) is 7.65. The van der Waals surface area contributed by atoms with Gasteiger partial charge in [0.05, 0.1) is 10.7 Å². The molecule has 0 aliphatic carbocycles. The van der Waals surface area contributed by atoms with Crippen molar-refractivity contribution < 1.29 is 4.79 Å². The Morgan fingerprint density at radius 2 is 1.80 bits per heavy atom.